The first-order valence-corrected chi connectivity index (χ1v) is 3.76. The van der Waals surface area contributed by atoms with Crippen LogP contribution in [0.4, 0.5) is 22.4 Å². The van der Waals surface area contributed by atoms with E-state index in [0.29, 0.717) is 0 Å². The summed E-state index contributed by atoms with van der Waals surface area (Å²) < 4.78 is 60.2. The van der Waals surface area contributed by atoms with Crippen LogP contribution in [0.15, 0.2) is 11.9 Å². The Labute approximate surface area is 81.4 Å². The van der Waals surface area contributed by atoms with Gasteiger partial charge in [-0.05, 0) is 0 Å². The van der Waals surface area contributed by atoms with Crippen LogP contribution in [0.2, 0.25) is 0 Å². The SMILES string of the molecule is O=C1OCC(OC/C(F)=C\C(F)(F)F)O1. The minimum absolute atomic E-state index is 0.266. The maximum Gasteiger partial charge on any atom is 0.510 e. The Morgan fingerprint density at radius 3 is 2.73 bits per heavy atom. The van der Waals surface area contributed by atoms with Gasteiger partial charge >= 0.3 is 12.3 Å². The molecule has 1 heterocycles. The molecule has 0 bridgehead atoms. The predicted octanol–water partition coefficient (Wildman–Crippen LogP) is 1.91. The van der Waals surface area contributed by atoms with Gasteiger partial charge in [0.15, 0.2) is 6.61 Å². The van der Waals surface area contributed by atoms with E-state index in [1.807, 2.05) is 0 Å². The molecule has 1 atom stereocenters. The first-order valence-electron chi connectivity index (χ1n) is 3.76. The summed E-state index contributed by atoms with van der Waals surface area (Å²) in [5, 5.41) is 0. The van der Waals surface area contributed by atoms with E-state index >= 15 is 0 Å². The molecular weight excluding hydrogens is 224 g/mol. The summed E-state index contributed by atoms with van der Waals surface area (Å²) in [7, 11) is 0. The molecule has 15 heavy (non-hydrogen) atoms. The van der Waals surface area contributed by atoms with Crippen molar-refractivity contribution in [3.05, 3.63) is 11.9 Å². The van der Waals surface area contributed by atoms with Gasteiger partial charge in [0, 0.05) is 0 Å². The van der Waals surface area contributed by atoms with E-state index in [1.54, 1.807) is 0 Å². The predicted molar refractivity (Wildman–Crippen MR) is 37.4 cm³/mol. The number of ether oxygens (including phenoxy) is 3. The zero-order chi connectivity index (χ0) is 11.5. The highest BCUT2D eigenvalue weighted by atomic mass is 19.4. The lowest BCUT2D eigenvalue weighted by Gasteiger charge is -2.07. The van der Waals surface area contributed by atoms with Crippen molar-refractivity contribution in [2.45, 2.75) is 12.5 Å². The molecule has 0 spiro atoms. The molecule has 1 aliphatic rings. The molecule has 0 aromatic carbocycles. The average Bonchev–Trinajstić information content (AvgIpc) is 2.45. The van der Waals surface area contributed by atoms with Crippen molar-refractivity contribution in [2.24, 2.45) is 0 Å². The topological polar surface area (TPSA) is 44.8 Å². The first-order chi connectivity index (χ1) is 6.87. The summed E-state index contributed by atoms with van der Waals surface area (Å²) in [5.41, 5.74) is 0. The minimum Gasteiger partial charge on any atom is -0.428 e. The second-order valence-corrected chi connectivity index (χ2v) is 2.55. The lowest BCUT2D eigenvalue weighted by Crippen LogP contribution is -2.16. The van der Waals surface area contributed by atoms with Gasteiger partial charge in [0.25, 0.3) is 0 Å². The largest absolute Gasteiger partial charge is 0.510 e. The smallest absolute Gasteiger partial charge is 0.428 e. The van der Waals surface area contributed by atoms with Gasteiger partial charge in [0.05, 0.1) is 6.08 Å². The van der Waals surface area contributed by atoms with E-state index < -0.39 is 37.1 Å². The Morgan fingerprint density at radius 1 is 1.60 bits per heavy atom. The third-order valence-electron chi connectivity index (χ3n) is 1.29. The summed E-state index contributed by atoms with van der Waals surface area (Å²) in [6.45, 7) is -1.20. The molecular formula is C7H6F4O4. The maximum absolute atomic E-state index is 12.5. The van der Waals surface area contributed by atoms with Gasteiger partial charge in [-0.25, -0.2) is 9.18 Å². The molecule has 4 nitrogen and oxygen atoms in total. The van der Waals surface area contributed by atoms with Crippen LogP contribution in [0, 0.1) is 0 Å². The van der Waals surface area contributed by atoms with Crippen LogP contribution in [-0.4, -0.2) is 31.8 Å². The number of halogens is 4. The van der Waals surface area contributed by atoms with Gasteiger partial charge in [-0.2, -0.15) is 13.2 Å². The van der Waals surface area contributed by atoms with Crippen molar-refractivity contribution in [3.63, 3.8) is 0 Å². The molecule has 0 aliphatic carbocycles. The van der Waals surface area contributed by atoms with E-state index in [4.69, 9.17) is 0 Å². The third kappa shape index (κ3) is 4.63. The summed E-state index contributed by atoms with van der Waals surface area (Å²) in [5.74, 6) is -1.51. The molecule has 1 aliphatic heterocycles. The lowest BCUT2D eigenvalue weighted by molar-refractivity contribution is -0.0887. The molecule has 1 rings (SSSR count). The fourth-order valence-electron chi connectivity index (χ4n) is 0.785. The molecule has 1 unspecified atom stereocenters. The van der Waals surface area contributed by atoms with Gasteiger partial charge in [-0.1, -0.05) is 0 Å². The Hall–Kier alpha value is -1.31. The van der Waals surface area contributed by atoms with Crippen LogP contribution in [0.3, 0.4) is 0 Å². The van der Waals surface area contributed by atoms with Crippen molar-refractivity contribution < 1.29 is 36.6 Å². The Kier molecular flexibility index (Phi) is 3.51. The molecule has 0 aromatic rings. The average molecular weight is 230 g/mol. The van der Waals surface area contributed by atoms with Crippen LogP contribution >= 0.6 is 0 Å². The monoisotopic (exact) mass is 230 g/mol. The number of hydrogen-bond acceptors (Lipinski definition) is 4. The summed E-state index contributed by atoms with van der Waals surface area (Å²) in [6, 6.07) is 0. The Bertz CT molecular complexity index is 273. The Balaban J connectivity index is 2.31. The van der Waals surface area contributed by atoms with E-state index in [0.717, 1.165) is 0 Å². The second-order valence-electron chi connectivity index (χ2n) is 2.55. The highest BCUT2D eigenvalue weighted by Gasteiger charge is 2.28. The van der Waals surface area contributed by atoms with Gasteiger partial charge < -0.3 is 14.2 Å². The molecule has 8 heteroatoms. The fraction of sp³-hybridized carbons (Fsp3) is 0.571. The van der Waals surface area contributed by atoms with Crippen molar-refractivity contribution >= 4 is 6.16 Å². The quantitative estimate of drug-likeness (QED) is 0.548. The highest BCUT2D eigenvalue weighted by molar-refractivity contribution is 5.61. The van der Waals surface area contributed by atoms with Crippen LogP contribution in [0.1, 0.15) is 0 Å². The number of rotatable bonds is 3. The first kappa shape index (κ1) is 11.8. The molecule has 0 aromatic heterocycles. The minimum atomic E-state index is -4.74. The molecule has 0 amide bonds. The van der Waals surface area contributed by atoms with Gasteiger partial charge in [-0.15, -0.1) is 0 Å². The maximum atomic E-state index is 12.5. The van der Waals surface area contributed by atoms with E-state index in [9.17, 15) is 22.4 Å². The van der Waals surface area contributed by atoms with Crippen LogP contribution in [-0.2, 0) is 14.2 Å². The van der Waals surface area contributed by atoms with Gasteiger partial charge in [0.1, 0.15) is 12.4 Å². The Morgan fingerprint density at radius 2 is 2.27 bits per heavy atom. The van der Waals surface area contributed by atoms with E-state index in [1.165, 1.54) is 0 Å². The van der Waals surface area contributed by atoms with E-state index in [-0.39, 0.29) is 6.61 Å². The molecule has 0 N–H and O–H groups in total. The molecule has 0 saturated carbocycles. The second kappa shape index (κ2) is 4.47. The van der Waals surface area contributed by atoms with Crippen LogP contribution in [0.25, 0.3) is 0 Å². The number of carbonyl (C=O) groups excluding carboxylic acids is 1. The third-order valence-corrected chi connectivity index (χ3v) is 1.29. The normalized spacial score (nSPS) is 22.5. The fourth-order valence-corrected chi connectivity index (χ4v) is 0.785. The number of allylic oxidation sites excluding steroid dienone is 1. The summed E-state index contributed by atoms with van der Waals surface area (Å²) in [6.07, 6.45) is -7.44. The van der Waals surface area contributed by atoms with E-state index in [2.05, 4.69) is 14.2 Å². The highest BCUT2D eigenvalue weighted by Crippen LogP contribution is 2.19. The van der Waals surface area contributed by atoms with Gasteiger partial charge in [0.2, 0.25) is 6.29 Å². The zero-order valence-corrected chi connectivity index (χ0v) is 7.21. The summed E-state index contributed by atoms with van der Waals surface area (Å²) >= 11 is 0. The molecule has 86 valence electrons. The zero-order valence-electron chi connectivity index (χ0n) is 7.21. The number of hydrogen-bond donors (Lipinski definition) is 0. The lowest BCUT2D eigenvalue weighted by atomic mass is 10.5. The molecule has 1 fully saturated rings. The summed E-state index contributed by atoms with van der Waals surface area (Å²) in [4.78, 5) is 10.3. The number of cyclic esters (lactones) is 2. The standard InChI is InChI=1S/C7H6F4O4/c8-4(1-7(9,10)11)2-13-5-3-14-6(12)15-5/h1,5H,2-3H2/b4-1+. The molecule has 0 radical (unpaired) electrons. The number of alkyl halides is 3. The van der Waals surface area contributed by atoms with Crippen LogP contribution < -0.4 is 0 Å². The molecule has 1 saturated heterocycles. The van der Waals surface area contributed by atoms with Crippen molar-refractivity contribution in [2.75, 3.05) is 13.2 Å². The van der Waals surface area contributed by atoms with Crippen molar-refractivity contribution in [1.82, 2.24) is 0 Å². The van der Waals surface area contributed by atoms with Crippen molar-refractivity contribution in [3.8, 4) is 0 Å². The van der Waals surface area contributed by atoms with Crippen molar-refractivity contribution in [1.29, 1.82) is 0 Å². The number of carbonyl (C=O) groups is 1. The van der Waals surface area contributed by atoms with Crippen LogP contribution in [0.5, 0.6) is 0 Å². The van der Waals surface area contributed by atoms with Gasteiger partial charge in [-0.3, -0.25) is 0 Å².